The van der Waals surface area contributed by atoms with Crippen LogP contribution in [0.15, 0.2) is 5.38 Å². The summed E-state index contributed by atoms with van der Waals surface area (Å²) in [4.78, 5) is 14.7. The Labute approximate surface area is 78.9 Å². The van der Waals surface area contributed by atoms with Crippen LogP contribution in [-0.4, -0.2) is 30.1 Å². The first-order valence-electron chi connectivity index (χ1n) is 3.85. The number of primary amides is 1. The molecule has 0 aromatic carbocycles. The van der Waals surface area contributed by atoms with Gasteiger partial charge in [-0.3, -0.25) is 4.79 Å². The lowest BCUT2D eigenvalue weighted by atomic mass is 10.3. The van der Waals surface area contributed by atoms with E-state index in [4.69, 9.17) is 10.5 Å². The molecule has 0 aliphatic carbocycles. The molecule has 1 saturated heterocycles. The third kappa shape index (κ3) is 1.78. The van der Waals surface area contributed by atoms with Crippen molar-refractivity contribution in [3.63, 3.8) is 0 Å². The molecule has 0 radical (unpaired) electrons. The Hall–Kier alpha value is -1.14. The predicted octanol–water partition coefficient (Wildman–Crippen LogP) is 0.0527. The molecule has 70 valence electrons. The van der Waals surface area contributed by atoms with Crippen LogP contribution >= 0.6 is 11.3 Å². The second-order valence-electron chi connectivity index (χ2n) is 2.78. The minimum absolute atomic E-state index is 0.313. The molecule has 1 aliphatic heterocycles. The van der Waals surface area contributed by atoms with Crippen LogP contribution in [-0.2, 0) is 4.74 Å². The van der Waals surface area contributed by atoms with Gasteiger partial charge >= 0.3 is 0 Å². The molecular weight excluding hydrogens is 190 g/mol. The summed E-state index contributed by atoms with van der Waals surface area (Å²) < 4.78 is 4.98. The first kappa shape index (κ1) is 8.46. The quantitative estimate of drug-likeness (QED) is 0.721. The number of carbonyl (C=O) groups is 1. The highest BCUT2D eigenvalue weighted by Crippen LogP contribution is 2.17. The number of nitrogens with zero attached hydrogens (tertiary/aromatic N) is 1. The molecule has 1 fully saturated rings. The number of carbonyl (C=O) groups excluding carboxylic acids is 1. The molecular formula is C7H9N3O2S. The Balaban J connectivity index is 2.00. The van der Waals surface area contributed by atoms with Crippen LogP contribution in [0.1, 0.15) is 10.5 Å². The van der Waals surface area contributed by atoms with E-state index in [1.807, 2.05) is 0 Å². The maximum absolute atomic E-state index is 10.7. The normalized spacial score (nSPS) is 16.6. The molecule has 0 spiro atoms. The van der Waals surface area contributed by atoms with Crippen LogP contribution in [0.5, 0.6) is 0 Å². The largest absolute Gasteiger partial charge is 0.377 e. The average Bonchev–Trinajstić information content (AvgIpc) is 2.44. The van der Waals surface area contributed by atoms with Crippen molar-refractivity contribution in [3.8, 4) is 0 Å². The van der Waals surface area contributed by atoms with Crippen LogP contribution in [0.3, 0.4) is 0 Å². The number of ether oxygens (including phenoxy) is 1. The SMILES string of the molecule is NC(=O)c1csc(NC2COC2)n1. The Bertz CT molecular complexity index is 321. The van der Waals surface area contributed by atoms with Gasteiger partial charge in [-0.2, -0.15) is 0 Å². The van der Waals surface area contributed by atoms with Gasteiger partial charge in [0.25, 0.3) is 5.91 Å². The highest BCUT2D eigenvalue weighted by atomic mass is 32.1. The van der Waals surface area contributed by atoms with Gasteiger partial charge in [-0.15, -0.1) is 11.3 Å². The van der Waals surface area contributed by atoms with Crippen LogP contribution in [0.4, 0.5) is 5.13 Å². The molecule has 0 atom stereocenters. The van der Waals surface area contributed by atoms with Gasteiger partial charge in [0.1, 0.15) is 5.69 Å². The summed E-state index contributed by atoms with van der Waals surface area (Å²) in [6.45, 7) is 1.40. The van der Waals surface area contributed by atoms with Crippen molar-refractivity contribution in [1.82, 2.24) is 4.98 Å². The minimum atomic E-state index is -0.492. The molecule has 0 unspecified atom stereocenters. The standard InChI is InChI=1S/C7H9N3O2S/c8-6(11)5-3-13-7(10-5)9-4-1-12-2-4/h3-4H,1-2H2,(H2,8,11)(H,9,10). The summed E-state index contributed by atoms with van der Waals surface area (Å²) in [5.74, 6) is -0.492. The Morgan fingerprint density at radius 2 is 2.54 bits per heavy atom. The molecule has 1 aromatic heterocycles. The van der Waals surface area contributed by atoms with Crippen LogP contribution < -0.4 is 11.1 Å². The highest BCUT2D eigenvalue weighted by molar-refractivity contribution is 7.13. The zero-order valence-corrected chi connectivity index (χ0v) is 7.63. The van der Waals surface area contributed by atoms with Crippen molar-refractivity contribution in [2.45, 2.75) is 6.04 Å². The zero-order chi connectivity index (χ0) is 9.26. The lowest BCUT2D eigenvalue weighted by Gasteiger charge is -2.26. The minimum Gasteiger partial charge on any atom is -0.377 e. The number of nitrogens with one attached hydrogen (secondary N) is 1. The van der Waals surface area contributed by atoms with E-state index in [9.17, 15) is 4.79 Å². The lowest BCUT2D eigenvalue weighted by Crippen LogP contribution is -2.40. The van der Waals surface area contributed by atoms with Crippen molar-refractivity contribution in [2.24, 2.45) is 5.73 Å². The predicted molar refractivity (Wildman–Crippen MR) is 48.9 cm³/mol. The van der Waals surface area contributed by atoms with Gasteiger partial charge in [-0.25, -0.2) is 4.98 Å². The number of thiazole rings is 1. The van der Waals surface area contributed by atoms with E-state index in [-0.39, 0.29) is 0 Å². The summed E-state index contributed by atoms with van der Waals surface area (Å²) in [6, 6.07) is 0.326. The van der Waals surface area contributed by atoms with Crippen LogP contribution in [0.2, 0.25) is 0 Å². The molecule has 5 nitrogen and oxygen atoms in total. The van der Waals surface area contributed by atoms with Gasteiger partial charge in [0, 0.05) is 5.38 Å². The first-order chi connectivity index (χ1) is 6.25. The van der Waals surface area contributed by atoms with Gasteiger partial charge in [-0.1, -0.05) is 0 Å². The third-order valence-corrected chi connectivity index (χ3v) is 2.50. The fourth-order valence-electron chi connectivity index (χ4n) is 0.947. The molecule has 2 heterocycles. The number of anilines is 1. The van der Waals surface area contributed by atoms with E-state index >= 15 is 0 Å². The van der Waals surface area contributed by atoms with Crippen LogP contribution in [0, 0.1) is 0 Å². The maximum Gasteiger partial charge on any atom is 0.268 e. The molecule has 1 amide bonds. The van der Waals surface area contributed by atoms with Crippen LogP contribution in [0.25, 0.3) is 0 Å². The smallest absolute Gasteiger partial charge is 0.268 e. The molecule has 0 saturated carbocycles. The number of amides is 1. The number of nitrogens with two attached hydrogens (primary N) is 1. The average molecular weight is 199 g/mol. The van der Waals surface area contributed by atoms with Gasteiger partial charge in [0.2, 0.25) is 0 Å². The molecule has 3 N–H and O–H groups in total. The Kier molecular flexibility index (Phi) is 2.15. The summed E-state index contributed by atoms with van der Waals surface area (Å²) in [7, 11) is 0. The van der Waals surface area contributed by atoms with Crippen molar-refractivity contribution < 1.29 is 9.53 Å². The van der Waals surface area contributed by atoms with E-state index < -0.39 is 5.91 Å². The lowest BCUT2D eigenvalue weighted by molar-refractivity contribution is 0.0211. The molecule has 1 aliphatic rings. The van der Waals surface area contributed by atoms with Crippen molar-refractivity contribution in [2.75, 3.05) is 18.5 Å². The van der Waals surface area contributed by atoms with Crippen molar-refractivity contribution in [3.05, 3.63) is 11.1 Å². The maximum atomic E-state index is 10.7. The van der Waals surface area contributed by atoms with E-state index in [1.165, 1.54) is 11.3 Å². The molecule has 0 bridgehead atoms. The second kappa shape index (κ2) is 3.31. The van der Waals surface area contributed by atoms with Gasteiger partial charge in [-0.05, 0) is 0 Å². The summed E-state index contributed by atoms with van der Waals surface area (Å²) >= 11 is 1.38. The van der Waals surface area contributed by atoms with E-state index in [0.717, 1.165) is 5.13 Å². The fraction of sp³-hybridized carbons (Fsp3) is 0.429. The van der Waals surface area contributed by atoms with Crippen molar-refractivity contribution >= 4 is 22.4 Å². The van der Waals surface area contributed by atoms with Gasteiger partial charge < -0.3 is 15.8 Å². The monoisotopic (exact) mass is 199 g/mol. The van der Waals surface area contributed by atoms with Gasteiger partial charge in [0.05, 0.1) is 19.3 Å². The number of hydrogen-bond acceptors (Lipinski definition) is 5. The number of hydrogen-bond donors (Lipinski definition) is 2. The fourth-order valence-corrected chi connectivity index (χ4v) is 1.72. The number of aromatic nitrogens is 1. The number of rotatable bonds is 3. The molecule has 6 heteroatoms. The Morgan fingerprint density at radius 3 is 3.00 bits per heavy atom. The highest BCUT2D eigenvalue weighted by Gasteiger charge is 2.19. The van der Waals surface area contributed by atoms with Gasteiger partial charge in [0.15, 0.2) is 5.13 Å². The summed E-state index contributed by atoms with van der Waals surface area (Å²) in [6.07, 6.45) is 0. The molecule has 2 rings (SSSR count). The molecule has 13 heavy (non-hydrogen) atoms. The van der Waals surface area contributed by atoms with E-state index in [2.05, 4.69) is 10.3 Å². The summed E-state index contributed by atoms with van der Waals surface area (Å²) in [5.41, 5.74) is 5.37. The molecule has 1 aromatic rings. The van der Waals surface area contributed by atoms with Crippen molar-refractivity contribution in [1.29, 1.82) is 0 Å². The first-order valence-corrected chi connectivity index (χ1v) is 4.73. The topological polar surface area (TPSA) is 77.2 Å². The zero-order valence-electron chi connectivity index (χ0n) is 6.82. The third-order valence-electron chi connectivity index (χ3n) is 1.72. The Morgan fingerprint density at radius 1 is 1.77 bits per heavy atom. The second-order valence-corrected chi connectivity index (χ2v) is 3.64. The van der Waals surface area contributed by atoms with E-state index in [1.54, 1.807) is 5.38 Å². The summed E-state index contributed by atoms with van der Waals surface area (Å²) in [5, 5.41) is 5.50. The van der Waals surface area contributed by atoms with E-state index in [0.29, 0.717) is 24.9 Å².